The molecule has 2 aromatic carbocycles. The highest BCUT2D eigenvalue weighted by molar-refractivity contribution is 5.93. The van der Waals surface area contributed by atoms with Crippen molar-refractivity contribution in [2.24, 2.45) is 0 Å². The summed E-state index contributed by atoms with van der Waals surface area (Å²) in [5.41, 5.74) is 2.34. The molecule has 1 atom stereocenters. The van der Waals surface area contributed by atoms with E-state index in [0.717, 1.165) is 10.9 Å². The van der Waals surface area contributed by atoms with Gasteiger partial charge in [-0.25, -0.2) is 0 Å². The summed E-state index contributed by atoms with van der Waals surface area (Å²) in [5, 5.41) is 11.7. The van der Waals surface area contributed by atoms with E-state index in [1.165, 1.54) is 43.1 Å². The molecule has 2 nitrogen and oxygen atoms in total. The van der Waals surface area contributed by atoms with Crippen LogP contribution in [0.2, 0.25) is 0 Å². The molecule has 0 aromatic heterocycles. The Labute approximate surface area is 125 Å². The molecule has 1 N–H and O–H groups in total. The fourth-order valence-corrected chi connectivity index (χ4v) is 3.63. The molecule has 0 amide bonds. The maximum absolute atomic E-state index is 11.3. The number of hydrogen-bond donors (Lipinski definition) is 1. The van der Waals surface area contributed by atoms with E-state index >= 15 is 0 Å². The van der Waals surface area contributed by atoms with Crippen molar-refractivity contribution in [2.75, 3.05) is 0 Å². The Kier molecular flexibility index (Phi) is 3.96. The number of benzene rings is 2. The smallest absolute Gasteiger partial charge is 0.310 e. The van der Waals surface area contributed by atoms with Crippen LogP contribution < -0.4 is 0 Å². The summed E-state index contributed by atoms with van der Waals surface area (Å²) in [6.07, 6.45) is 6.50. The highest BCUT2D eigenvalue weighted by Crippen LogP contribution is 2.38. The molecule has 0 bridgehead atoms. The van der Waals surface area contributed by atoms with Crippen LogP contribution in [0.1, 0.15) is 62.0 Å². The maximum atomic E-state index is 11.3. The lowest BCUT2D eigenvalue weighted by atomic mass is 9.80. The number of fused-ring (bicyclic) bond motifs is 1. The lowest BCUT2D eigenvalue weighted by Gasteiger charge is -2.24. The first-order chi connectivity index (χ1) is 10.2. The normalized spacial score (nSPS) is 17.8. The van der Waals surface area contributed by atoms with E-state index in [-0.39, 0.29) is 0 Å². The number of carboxylic acids is 1. The highest BCUT2D eigenvalue weighted by Gasteiger charge is 2.21. The van der Waals surface area contributed by atoms with Crippen LogP contribution in [-0.4, -0.2) is 11.1 Å². The summed E-state index contributed by atoms with van der Waals surface area (Å²) in [6, 6.07) is 12.5. The fraction of sp³-hybridized carbons (Fsp3) is 0.421. The van der Waals surface area contributed by atoms with Gasteiger partial charge in [0.1, 0.15) is 0 Å². The molecule has 21 heavy (non-hydrogen) atoms. The number of carbonyl (C=O) groups is 1. The Morgan fingerprint density at radius 3 is 2.38 bits per heavy atom. The van der Waals surface area contributed by atoms with E-state index in [0.29, 0.717) is 5.92 Å². The minimum absolute atomic E-state index is 0.463. The van der Waals surface area contributed by atoms with Crippen molar-refractivity contribution in [3.8, 4) is 0 Å². The predicted molar refractivity (Wildman–Crippen MR) is 85.8 cm³/mol. The SMILES string of the molecule is CC(C(=O)O)c1ccc(C2CCCCC2)c2ccccc12. The van der Waals surface area contributed by atoms with Crippen molar-refractivity contribution in [3.63, 3.8) is 0 Å². The first-order valence-electron chi connectivity index (χ1n) is 7.93. The summed E-state index contributed by atoms with van der Waals surface area (Å²) in [4.78, 5) is 11.3. The van der Waals surface area contributed by atoms with Gasteiger partial charge in [0.2, 0.25) is 0 Å². The first-order valence-corrected chi connectivity index (χ1v) is 7.93. The molecule has 0 saturated heterocycles. The molecule has 0 spiro atoms. The van der Waals surface area contributed by atoms with Gasteiger partial charge in [0.15, 0.2) is 0 Å². The number of rotatable bonds is 3. The van der Waals surface area contributed by atoms with Crippen molar-refractivity contribution in [1.82, 2.24) is 0 Å². The third kappa shape index (κ3) is 2.67. The quantitative estimate of drug-likeness (QED) is 0.852. The molecule has 2 aromatic rings. The van der Waals surface area contributed by atoms with Crippen molar-refractivity contribution in [2.45, 2.75) is 50.9 Å². The van der Waals surface area contributed by atoms with Gasteiger partial charge in [-0.1, -0.05) is 55.7 Å². The molecule has 0 aliphatic heterocycles. The molecule has 1 fully saturated rings. The average molecular weight is 282 g/mol. The summed E-state index contributed by atoms with van der Waals surface area (Å²) < 4.78 is 0. The zero-order valence-corrected chi connectivity index (χ0v) is 12.5. The standard InChI is InChI=1S/C19H22O2/c1-13(19(20)21)15-11-12-16(14-7-3-2-4-8-14)18-10-6-5-9-17(15)18/h5-6,9-14H,2-4,7-8H2,1H3,(H,20,21). The van der Waals surface area contributed by atoms with Crippen LogP contribution in [0.4, 0.5) is 0 Å². The fourth-order valence-electron chi connectivity index (χ4n) is 3.63. The minimum atomic E-state index is -0.759. The third-order valence-corrected chi connectivity index (χ3v) is 4.87. The van der Waals surface area contributed by atoms with E-state index in [4.69, 9.17) is 0 Å². The van der Waals surface area contributed by atoms with Gasteiger partial charge < -0.3 is 5.11 Å². The average Bonchev–Trinajstić information content (AvgIpc) is 2.54. The second-order valence-electron chi connectivity index (χ2n) is 6.18. The van der Waals surface area contributed by atoms with E-state index in [9.17, 15) is 9.90 Å². The first kappa shape index (κ1) is 14.1. The summed E-state index contributed by atoms with van der Waals surface area (Å²) >= 11 is 0. The van der Waals surface area contributed by atoms with Gasteiger partial charge in [0, 0.05) is 0 Å². The summed E-state index contributed by atoms with van der Waals surface area (Å²) in [6.45, 7) is 1.77. The molecule has 110 valence electrons. The second-order valence-corrected chi connectivity index (χ2v) is 6.18. The van der Waals surface area contributed by atoms with Crippen molar-refractivity contribution in [1.29, 1.82) is 0 Å². The molecule has 1 aliphatic carbocycles. The summed E-state index contributed by atoms with van der Waals surface area (Å²) in [5.74, 6) is -0.585. The van der Waals surface area contributed by atoms with E-state index in [1.54, 1.807) is 6.92 Å². The van der Waals surface area contributed by atoms with Crippen LogP contribution >= 0.6 is 0 Å². The van der Waals surface area contributed by atoms with Crippen LogP contribution in [0.15, 0.2) is 36.4 Å². The molecule has 1 aliphatic rings. The van der Waals surface area contributed by atoms with E-state index in [2.05, 4.69) is 24.3 Å². The topological polar surface area (TPSA) is 37.3 Å². The van der Waals surface area contributed by atoms with Gasteiger partial charge in [0.25, 0.3) is 0 Å². The Morgan fingerprint density at radius 1 is 1.05 bits per heavy atom. The monoisotopic (exact) mass is 282 g/mol. The van der Waals surface area contributed by atoms with Crippen LogP contribution in [0, 0.1) is 0 Å². The van der Waals surface area contributed by atoms with Gasteiger partial charge in [0.05, 0.1) is 5.92 Å². The Balaban J connectivity index is 2.12. The molecular weight excluding hydrogens is 260 g/mol. The Morgan fingerprint density at radius 2 is 1.71 bits per heavy atom. The number of carboxylic acid groups (broad SMARTS) is 1. The predicted octanol–water partition coefficient (Wildman–Crippen LogP) is 5.08. The van der Waals surface area contributed by atoms with Gasteiger partial charge in [-0.3, -0.25) is 4.79 Å². The molecule has 3 rings (SSSR count). The minimum Gasteiger partial charge on any atom is -0.481 e. The lowest BCUT2D eigenvalue weighted by molar-refractivity contribution is -0.138. The van der Waals surface area contributed by atoms with Gasteiger partial charge in [-0.05, 0) is 47.6 Å². The van der Waals surface area contributed by atoms with Crippen LogP contribution in [0.5, 0.6) is 0 Å². The van der Waals surface area contributed by atoms with Gasteiger partial charge in [-0.2, -0.15) is 0 Å². The largest absolute Gasteiger partial charge is 0.481 e. The number of aliphatic carboxylic acids is 1. The van der Waals surface area contributed by atoms with Crippen LogP contribution in [0.3, 0.4) is 0 Å². The van der Waals surface area contributed by atoms with Crippen LogP contribution in [-0.2, 0) is 4.79 Å². The summed E-state index contributed by atoms with van der Waals surface area (Å²) in [7, 11) is 0. The van der Waals surface area contributed by atoms with Crippen LogP contribution in [0.25, 0.3) is 10.8 Å². The van der Waals surface area contributed by atoms with Gasteiger partial charge in [-0.15, -0.1) is 0 Å². The van der Waals surface area contributed by atoms with Crippen molar-refractivity contribution < 1.29 is 9.90 Å². The molecule has 2 heteroatoms. The molecule has 0 heterocycles. The molecule has 1 saturated carbocycles. The van der Waals surface area contributed by atoms with Crippen molar-refractivity contribution >= 4 is 16.7 Å². The number of hydrogen-bond acceptors (Lipinski definition) is 1. The van der Waals surface area contributed by atoms with E-state index in [1.807, 2.05) is 12.1 Å². The Hall–Kier alpha value is -1.83. The highest BCUT2D eigenvalue weighted by atomic mass is 16.4. The zero-order chi connectivity index (χ0) is 14.8. The lowest BCUT2D eigenvalue weighted by Crippen LogP contribution is -2.10. The second kappa shape index (κ2) is 5.88. The zero-order valence-electron chi connectivity index (χ0n) is 12.5. The Bertz CT molecular complexity index is 654. The molecular formula is C19H22O2. The van der Waals surface area contributed by atoms with Crippen molar-refractivity contribution in [3.05, 3.63) is 47.5 Å². The molecule has 0 radical (unpaired) electrons. The van der Waals surface area contributed by atoms with E-state index < -0.39 is 11.9 Å². The third-order valence-electron chi connectivity index (χ3n) is 4.87. The maximum Gasteiger partial charge on any atom is 0.310 e. The van der Waals surface area contributed by atoms with Gasteiger partial charge >= 0.3 is 5.97 Å². The molecule has 1 unspecified atom stereocenters.